The molecule has 5 heteroatoms. The third kappa shape index (κ3) is 18.7. The first-order valence-electron chi connectivity index (χ1n) is 1.64. The van der Waals surface area contributed by atoms with E-state index >= 15 is 0 Å². The molecule has 0 amide bonds. The number of carboxylic acid groups (broad SMARTS) is 1. The maximum Gasteiger partial charge on any atom is 0.508 e. The monoisotopic (exact) mass is 170 g/mol. The summed E-state index contributed by atoms with van der Waals surface area (Å²) in [6.45, 7) is 0. The summed E-state index contributed by atoms with van der Waals surface area (Å²) in [6.07, 6.45) is 6.52. The SMILES string of the molecule is C#C.O=C(O)OC(Cl)Cl. The first kappa shape index (κ1) is 11.2. The number of rotatable bonds is 1. The van der Waals surface area contributed by atoms with Gasteiger partial charge in [0.25, 0.3) is 5.02 Å². The molecule has 0 aliphatic rings. The third-order valence-electron chi connectivity index (χ3n) is 0.190. The van der Waals surface area contributed by atoms with E-state index in [0.29, 0.717) is 0 Å². The number of hydrogen-bond acceptors (Lipinski definition) is 2. The summed E-state index contributed by atoms with van der Waals surface area (Å²) in [5.41, 5.74) is 0. The van der Waals surface area contributed by atoms with Crippen LogP contribution in [0.2, 0.25) is 0 Å². The molecule has 0 atom stereocenters. The molecular weight excluding hydrogens is 167 g/mol. The van der Waals surface area contributed by atoms with Gasteiger partial charge in [0.1, 0.15) is 0 Å². The molecule has 9 heavy (non-hydrogen) atoms. The Morgan fingerprint density at radius 2 is 1.89 bits per heavy atom. The van der Waals surface area contributed by atoms with Crippen molar-refractivity contribution in [1.29, 1.82) is 0 Å². The van der Waals surface area contributed by atoms with E-state index in [1.165, 1.54) is 0 Å². The van der Waals surface area contributed by atoms with E-state index < -0.39 is 11.2 Å². The number of halogens is 2. The van der Waals surface area contributed by atoms with Gasteiger partial charge >= 0.3 is 6.16 Å². The van der Waals surface area contributed by atoms with Gasteiger partial charge < -0.3 is 9.84 Å². The Hall–Kier alpha value is -0.590. The average molecular weight is 171 g/mol. The molecule has 0 aromatic rings. The number of alkyl halides is 2. The second-order valence-corrected chi connectivity index (χ2v) is 1.66. The number of carbonyl (C=O) groups is 1. The van der Waals surface area contributed by atoms with Gasteiger partial charge in [0.15, 0.2) is 0 Å². The maximum atomic E-state index is 9.42. The van der Waals surface area contributed by atoms with Crippen molar-refractivity contribution in [3.05, 3.63) is 0 Å². The van der Waals surface area contributed by atoms with Crippen molar-refractivity contribution in [3.8, 4) is 12.8 Å². The highest BCUT2D eigenvalue weighted by molar-refractivity contribution is 6.43. The van der Waals surface area contributed by atoms with Crippen molar-refractivity contribution in [2.75, 3.05) is 0 Å². The summed E-state index contributed by atoms with van der Waals surface area (Å²) in [5.74, 6) is 0. The van der Waals surface area contributed by atoms with E-state index in [0.717, 1.165) is 0 Å². The molecule has 3 nitrogen and oxygen atoms in total. The van der Waals surface area contributed by atoms with Crippen molar-refractivity contribution in [3.63, 3.8) is 0 Å². The van der Waals surface area contributed by atoms with Gasteiger partial charge in [-0.3, -0.25) is 0 Å². The molecule has 0 fully saturated rings. The van der Waals surface area contributed by atoms with E-state index in [1.807, 2.05) is 0 Å². The largest absolute Gasteiger partial charge is 0.508 e. The average Bonchev–Trinajstić information content (AvgIpc) is 1.68. The van der Waals surface area contributed by atoms with Crippen LogP contribution in [0.4, 0.5) is 4.79 Å². The molecule has 0 spiro atoms. The van der Waals surface area contributed by atoms with Gasteiger partial charge in [0.05, 0.1) is 0 Å². The first-order chi connectivity index (χ1) is 4.13. The van der Waals surface area contributed by atoms with Crippen LogP contribution in [-0.2, 0) is 4.74 Å². The van der Waals surface area contributed by atoms with E-state index in [9.17, 15) is 4.79 Å². The minimum absolute atomic E-state index is 1.28. The second kappa shape index (κ2) is 7.41. The molecule has 0 heterocycles. The van der Waals surface area contributed by atoms with E-state index in [1.54, 1.807) is 0 Å². The Labute approximate surface area is 62.5 Å². The van der Waals surface area contributed by atoms with Crippen LogP contribution in [0.15, 0.2) is 0 Å². The van der Waals surface area contributed by atoms with Crippen molar-refractivity contribution in [1.82, 2.24) is 0 Å². The van der Waals surface area contributed by atoms with Crippen LogP contribution in [0, 0.1) is 12.8 Å². The summed E-state index contributed by atoms with van der Waals surface area (Å²) in [7, 11) is 0. The zero-order valence-corrected chi connectivity index (χ0v) is 5.76. The number of terminal acetylenes is 1. The first-order valence-corrected chi connectivity index (χ1v) is 2.51. The Bertz CT molecular complexity index is 99.2. The van der Waals surface area contributed by atoms with Gasteiger partial charge in [-0.2, -0.15) is 0 Å². The molecule has 0 saturated heterocycles. The van der Waals surface area contributed by atoms with Crippen LogP contribution >= 0.6 is 23.2 Å². The fourth-order valence-corrected chi connectivity index (χ4v) is 0.229. The molecule has 0 radical (unpaired) electrons. The van der Waals surface area contributed by atoms with Crippen LogP contribution in [-0.4, -0.2) is 16.3 Å². The number of ether oxygens (including phenoxy) is 1. The van der Waals surface area contributed by atoms with Gasteiger partial charge in [0.2, 0.25) is 0 Å². The van der Waals surface area contributed by atoms with Crippen LogP contribution in [0.3, 0.4) is 0 Å². The van der Waals surface area contributed by atoms with Gasteiger partial charge in [-0.25, -0.2) is 4.79 Å². The Balaban J connectivity index is 0. The molecule has 1 N–H and O–H groups in total. The van der Waals surface area contributed by atoms with E-state index in [4.69, 9.17) is 28.3 Å². The van der Waals surface area contributed by atoms with Crippen molar-refractivity contribution in [2.45, 2.75) is 5.02 Å². The quantitative estimate of drug-likeness (QED) is 0.371. The standard InChI is InChI=1S/C2H2Cl2O3.C2H2/c3-1(4)7-2(5)6;1-2/h1H,(H,5,6);1-2H. The molecule has 0 aliphatic carbocycles. The van der Waals surface area contributed by atoms with Crippen LogP contribution in [0.1, 0.15) is 0 Å². The van der Waals surface area contributed by atoms with Crippen LogP contribution in [0.5, 0.6) is 0 Å². The predicted molar refractivity (Wildman–Crippen MR) is 34.5 cm³/mol. The molecular formula is C4H4Cl2O3. The van der Waals surface area contributed by atoms with Crippen LogP contribution < -0.4 is 0 Å². The van der Waals surface area contributed by atoms with Gasteiger partial charge in [-0.15, -0.1) is 12.8 Å². The highest BCUT2D eigenvalue weighted by Gasteiger charge is 2.01. The topological polar surface area (TPSA) is 46.5 Å². The molecule has 0 aromatic carbocycles. The Morgan fingerprint density at radius 1 is 1.56 bits per heavy atom. The molecule has 0 bridgehead atoms. The molecule has 0 aliphatic heterocycles. The highest BCUT2D eigenvalue weighted by atomic mass is 35.5. The fraction of sp³-hybridized carbons (Fsp3) is 0.250. The smallest absolute Gasteiger partial charge is 0.450 e. The van der Waals surface area contributed by atoms with Gasteiger partial charge in [0, 0.05) is 0 Å². The summed E-state index contributed by atoms with van der Waals surface area (Å²) >= 11 is 9.67. The lowest BCUT2D eigenvalue weighted by molar-refractivity contribution is 0.0989. The lowest BCUT2D eigenvalue weighted by Gasteiger charge is -1.94. The molecule has 0 aromatic heterocycles. The lowest BCUT2D eigenvalue weighted by atomic mass is 11.3. The summed E-state index contributed by atoms with van der Waals surface area (Å²) in [4.78, 5) is 9.42. The van der Waals surface area contributed by atoms with E-state index in [-0.39, 0.29) is 0 Å². The fourth-order valence-electron chi connectivity index (χ4n) is 0.0762. The molecule has 0 unspecified atom stereocenters. The zero-order valence-electron chi connectivity index (χ0n) is 4.25. The van der Waals surface area contributed by atoms with Crippen LogP contribution in [0.25, 0.3) is 0 Å². The molecule has 0 rings (SSSR count). The van der Waals surface area contributed by atoms with Gasteiger partial charge in [-0.1, -0.05) is 23.2 Å². The van der Waals surface area contributed by atoms with E-state index in [2.05, 4.69) is 17.6 Å². The van der Waals surface area contributed by atoms with Crippen molar-refractivity contribution in [2.24, 2.45) is 0 Å². The highest BCUT2D eigenvalue weighted by Crippen LogP contribution is 2.01. The third-order valence-corrected chi connectivity index (χ3v) is 0.368. The summed E-state index contributed by atoms with van der Waals surface area (Å²) in [6, 6.07) is 0. The Morgan fingerprint density at radius 3 is 1.89 bits per heavy atom. The lowest BCUT2D eigenvalue weighted by Crippen LogP contribution is -2.02. The normalized spacial score (nSPS) is 7.22. The van der Waals surface area contributed by atoms with Gasteiger partial charge in [-0.05, 0) is 0 Å². The molecule has 52 valence electrons. The number of hydrogen-bond donors (Lipinski definition) is 1. The zero-order chi connectivity index (χ0) is 7.86. The Kier molecular flexibility index (Phi) is 9.25. The minimum atomic E-state index is -1.48. The summed E-state index contributed by atoms with van der Waals surface area (Å²) < 4.78 is 3.70. The minimum Gasteiger partial charge on any atom is -0.450 e. The maximum absolute atomic E-state index is 9.42. The molecule has 0 saturated carbocycles. The second-order valence-electron chi connectivity index (χ2n) is 0.644. The van der Waals surface area contributed by atoms with Crippen molar-refractivity contribution < 1.29 is 14.6 Å². The van der Waals surface area contributed by atoms with Crippen molar-refractivity contribution >= 4 is 29.4 Å². The predicted octanol–water partition coefficient (Wildman–Crippen LogP) is 1.69. The summed E-state index contributed by atoms with van der Waals surface area (Å²) in [5, 5.41) is 6.41.